The average molecular weight is 365 g/mol. The molecule has 6 heteroatoms. The van der Waals surface area contributed by atoms with Gasteiger partial charge < -0.3 is 0 Å². The molecular formula is C15H13BrN2O2S. The van der Waals surface area contributed by atoms with Crippen LogP contribution in [-0.2, 0) is 15.7 Å². The summed E-state index contributed by atoms with van der Waals surface area (Å²) in [5.74, 6) is 0. The fraction of sp³-hybridized carbons (Fsp3) is 0.133. The summed E-state index contributed by atoms with van der Waals surface area (Å²) < 4.78 is 31.4. The second-order valence-electron chi connectivity index (χ2n) is 5.02. The number of rotatable bonds is 2. The Morgan fingerprint density at radius 2 is 1.81 bits per heavy atom. The molecule has 0 amide bonds. The van der Waals surface area contributed by atoms with Crippen LogP contribution in [0.15, 0.2) is 63.5 Å². The number of benzene rings is 2. The van der Waals surface area contributed by atoms with E-state index in [2.05, 4.69) is 25.0 Å². The first-order valence-corrected chi connectivity index (χ1v) is 8.60. The first-order valence-electron chi connectivity index (χ1n) is 6.36. The Bertz CT molecular complexity index is 819. The maximum absolute atomic E-state index is 12.0. The van der Waals surface area contributed by atoms with Crippen LogP contribution < -0.4 is 4.72 Å². The predicted molar refractivity (Wildman–Crippen MR) is 86.5 cm³/mol. The lowest BCUT2D eigenvalue weighted by atomic mass is 9.85. The molecule has 0 spiro atoms. The van der Waals surface area contributed by atoms with Crippen molar-refractivity contribution in [2.75, 3.05) is 0 Å². The molecule has 1 heterocycles. The summed E-state index contributed by atoms with van der Waals surface area (Å²) in [5.41, 5.74) is 1.24. The first-order chi connectivity index (χ1) is 9.91. The third kappa shape index (κ3) is 2.66. The standard InChI is InChI=1S/C15H13BrN2O2S/c1-15(12-8-5-9-13(16)10-12)14(17-21(19,20)18-15)11-6-3-2-4-7-11/h2-10,18H,1H3/t15-/m0/s1. The van der Waals surface area contributed by atoms with Gasteiger partial charge in [0.15, 0.2) is 0 Å². The summed E-state index contributed by atoms with van der Waals surface area (Å²) >= 11 is 3.42. The van der Waals surface area contributed by atoms with E-state index in [4.69, 9.17) is 0 Å². The predicted octanol–water partition coefficient (Wildman–Crippen LogP) is 3.00. The summed E-state index contributed by atoms with van der Waals surface area (Å²) in [6, 6.07) is 16.9. The number of hydrogen-bond donors (Lipinski definition) is 1. The third-order valence-electron chi connectivity index (χ3n) is 3.47. The van der Waals surface area contributed by atoms with Gasteiger partial charge in [0, 0.05) is 4.47 Å². The van der Waals surface area contributed by atoms with E-state index in [0.29, 0.717) is 5.71 Å². The van der Waals surface area contributed by atoms with Crippen LogP contribution in [0.3, 0.4) is 0 Å². The molecule has 21 heavy (non-hydrogen) atoms. The van der Waals surface area contributed by atoms with Gasteiger partial charge in [-0.15, -0.1) is 0 Å². The molecule has 1 aliphatic heterocycles. The minimum atomic E-state index is -3.69. The van der Waals surface area contributed by atoms with Crippen molar-refractivity contribution in [3.8, 4) is 0 Å². The molecule has 2 aromatic rings. The highest BCUT2D eigenvalue weighted by atomic mass is 79.9. The van der Waals surface area contributed by atoms with Crippen molar-refractivity contribution in [1.82, 2.24) is 4.72 Å². The molecule has 0 unspecified atom stereocenters. The quantitative estimate of drug-likeness (QED) is 0.890. The molecule has 2 aromatic carbocycles. The van der Waals surface area contributed by atoms with E-state index in [0.717, 1.165) is 15.6 Å². The largest absolute Gasteiger partial charge is 0.321 e. The summed E-state index contributed by atoms with van der Waals surface area (Å²) in [4.78, 5) is 0. The molecule has 108 valence electrons. The van der Waals surface area contributed by atoms with Crippen LogP contribution >= 0.6 is 15.9 Å². The summed E-state index contributed by atoms with van der Waals surface area (Å²) in [7, 11) is -3.69. The SMILES string of the molecule is C[C@@]1(c2cccc(Br)c2)NS(=O)(=O)N=C1c1ccccc1. The van der Waals surface area contributed by atoms with Gasteiger partial charge in [0.05, 0.1) is 5.71 Å². The minimum absolute atomic E-state index is 0.501. The second kappa shape index (κ2) is 5.05. The highest BCUT2D eigenvalue weighted by Crippen LogP contribution is 2.33. The molecule has 0 saturated heterocycles. The molecular weight excluding hydrogens is 352 g/mol. The maximum atomic E-state index is 12.0. The minimum Gasteiger partial charge on any atom is -0.187 e. The Morgan fingerprint density at radius 1 is 1.10 bits per heavy atom. The van der Waals surface area contributed by atoms with E-state index in [-0.39, 0.29) is 0 Å². The van der Waals surface area contributed by atoms with E-state index in [1.54, 1.807) is 0 Å². The van der Waals surface area contributed by atoms with Crippen molar-refractivity contribution >= 4 is 31.9 Å². The Balaban J connectivity index is 2.20. The molecule has 0 radical (unpaired) electrons. The average Bonchev–Trinajstić information content (AvgIpc) is 2.71. The van der Waals surface area contributed by atoms with Gasteiger partial charge in [-0.2, -0.15) is 17.5 Å². The van der Waals surface area contributed by atoms with Gasteiger partial charge in [0.1, 0.15) is 5.54 Å². The van der Waals surface area contributed by atoms with Crippen LogP contribution in [0.5, 0.6) is 0 Å². The smallest absolute Gasteiger partial charge is 0.187 e. The molecule has 1 atom stereocenters. The van der Waals surface area contributed by atoms with E-state index in [9.17, 15) is 8.42 Å². The van der Waals surface area contributed by atoms with Crippen LogP contribution in [0.4, 0.5) is 0 Å². The molecule has 1 N–H and O–H groups in total. The normalized spacial score (nSPS) is 23.8. The van der Waals surface area contributed by atoms with Gasteiger partial charge >= 0.3 is 10.2 Å². The zero-order valence-electron chi connectivity index (χ0n) is 11.2. The van der Waals surface area contributed by atoms with Crippen molar-refractivity contribution in [2.24, 2.45) is 4.40 Å². The summed E-state index contributed by atoms with van der Waals surface area (Å²) in [6.45, 7) is 1.82. The van der Waals surface area contributed by atoms with Gasteiger partial charge in [0.2, 0.25) is 0 Å². The van der Waals surface area contributed by atoms with E-state index >= 15 is 0 Å². The van der Waals surface area contributed by atoms with Crippen LogP contribution in [0, 0.1) is 0 Å². The Morgan fingerprint density at radius 3 is 2.48 bits per heavy atom. The molecule has 1 aliphatic rings. The summed E-state index contributed by atoms with van der Waals surface area (Å²) in [6.07, 6.45) is 0. The first kappa shape index (κ1) is 14.4. The topological polar surface area (TPSA) is 58.5 Å². The van der Waals surface area contributed by atoms with Gasteiger partial charge in [0.25, 0.3) is 0 Å². The molecule has 0 aromatic heterocycles. The number of hydrogen-bond acceptors (Lipinski definition) is 2. The van der Waals surface area contributed by atoms with E-state index in [1.165, 1.54) is 0 Å². The van der Waals surface area contributed by atoms with Gasteiger partial charge in [-0.25, -0.2) is 0 Å². The van der Waals surface area contributed by atoms with Gasteiger partial charge in [-0.1, -0.05) is 58.4 Å². The lowest BCUT2D eigenvalue weighted by Gasteiger charge is -2.26. The molecule has 0 aliphatic carbocycles. The zero-order valence-corrected chi connectivity index (χ0v) is 13.6. The molecule has 4 nitrogen and oxygen atoms in total. The van der Waals surface area contributed by atoms with Crippen molar-refractivity contribution in [2.45, 2.75) is 12.5 Å². The fourth-order valence-electron chi connectivity index (χ4n) is 2.47. The molecule has 0 bridgehead atoms. The number of nitrogens with one attached hydrogen (secondary N) is 1. The third-order valence-corrected chi connectivity index (χ3v) is 5.05. The molecule has 0 saturated carbocycles. The lowest BCUT2D eigenvalue weighted by molar-refractivity contribution is 0.553. The van der Waals surface area contributed by atoms with Crippen LogP contribution in [-0.4, -0.2) is 14.1 Å². The van der Waals surface area contributed by atoms with E-state index in [1.807, 2.05) is 61.5 Å². The number of halogens is 1. The fourth-order valence-corrected chi connectivity index (χ4v) is 4.18. The zero-order chi connectivity index (χ0) is 15.1. The highest BCUT2D eigenvalue weighted by Gasteiger charge is 2.43. The molecule has 0 fully saturated rings. The number of nitrogens with zero attached hydrogens (tertiary/aromatic N) is 1. The van der Waals surface area contributed by atoms with Crippen LogP contribution in [0.2, 0.25) is 0 Å². The van der Waals surface area contributed by atoms with Crippen molar-refractivity contribution in [3.63, 3.8) is 0 Å². The van der Waals surface area contributed by atoms with Gasteiger partial charge in [-0.05, 0) is 30.2 Å². The lowest BCUT2D eigenvalue weighted by Crippen LogP contribution is -2.43. The Labute approximate surface area is 132 Å². The van der Waals surface area contributed by atoms with Crippen molar-refractivity contribution in [1.29, 1.82) is 0 Å². The second-order valence-corrected chi connectivity index (χ2v) is 7.27. The van der Waals surface area contributed by atoms with Crippen LogP contribution in [0.25, 0.3) is 0 Å². The van der Waals surface area contributed by atoms with Crippen LogP contribution in [0.1, 0.15) is 18.1 Å². The monoisotopic (exact) mass is 364 g/mol. The molecule has 3 rings (SSSR count). The van der Waals surface area contributed by atoms with Crippen molar-refractivity contribution in [3.05, 3.63) is 70.2 Å². The Hall–Kier alpha value is -1.50. The highest BCUT2D eigenvalue weighted by molar-refractivity contribution is 9.10. The summed E-state index contributed by atoms with van der Waals surface area (Å²) in [5, 5.41) is 0. The maximum Gasteiger partial charge on any atom is 0.321 e. The van der Waals surface area contributed by atoms with Crippen molar-refractivity contribution < 1.29 is 8.42 Å². The van der Waals surface area contributed by atoms with Gasteiger partial charge in [-0.3, -0.25) is 0 Å². The van der Waals surface area contributed by atoms with E-state index < -0.39 is 15.7 Å². The Kier molecular flexibility index (Phi) is 3.47.